The second-order valence-corrected chi connectivity index (χ2v) is 4.62. The zero-order valence-electron chi connectivity index (χ0n) is 10.1. The summed E-state index contributed by atoms with van der Waals surface area (Å²) in [5.74, 6) is 1.84. The Morgan fingerprint density at radius 3 is 3.06 bits per heavy atom. The largest absolute Gasteiger partial charge is 0.348 e. The molecule has 0 bridgehead atoms. The highest BCUT2D eigenvalue weighted by Crippen LogP contribution is 2.28. The van der Waals surface area contributed by atoms with Crippen LogP contribution < -0.4 is 10.2 Å². The maximum Gasteiger partial charge on any atom is 0.224 e. The molecular weight excluding hydrogens is 250 g/mol. The van der Waals surface area contributed by atoms with Gasteiger partial charge in [0.1, 0.15) is 11.6 Å². The van der Waals surface area contributed by atoms with Crippen LogP contribution in [0.1, 0.15) is 11.3 Å². The topological polar surface area (TPSA) is 56.8 Å². The molecule has 0 amide bonds. The second-order valence-electron chi connectivity index (χ2n) is 4.28. The van der Waals surface area contributed by atoms with Gasteiger partial charge in [0, 0.05) is 38.3 Å². The average Bonchev–Trinajstić information content (AvgIpc) is 2.90. The third kappa shape index (κ3) is 1.95. The van der Waals surface area contributed by atoms with Gasteiger partial charge in [-0.05, 0) is 23.7 Å². The average molecular weight is 264 g/mol. The minimum atomic E-state index is 0.309. The standard InChI is InChI=1S/C12H14ClN5/c1-18(10-3-2-5-15-10)11-8-7-14-6-4-9(8)16-12(13)17-11/h2-3,5,14-15H,4,6-7H2,1H3. The van der Waals surface area contributed by atoms with E-state index in [0.717, 1.165) is 42.4 Å². The summed E-state index contributed by atoms with van der Waals surface area (Å²) in [4.78, 5) is 13.8. The van der Waals surface area contributed by atoms with Crippen molar-refractivity contribution in [2.45, 2.75) is 13.0 Å². The molecule has 0 atom stereocenters. The van der Waals surface area contributed by atoms with E-state index in [0.29, 0.717) is 5.28 Å². The Labute approximate surface area is 110 Å². The van der Waals surface area contributed by atoms with E-state index < -0.39 is 0 Å². The van der Waals surface area contributed by atoms with Crippen LogP contribution in [0.5, 0.6) is 0 Å². The van der Waals surface area contributed by atoms with Crippen molar-refractivity contribution in [2.75, 3.05) is 18.5 Å². The van der Waals surface area contributed by atoms with E-state index in [1.54, 1.807) is 0 Å². The lowest BCUT2D eigenvalue weighted by Crippen LogP contribution is -2.28. The van der Waals surface area contributed by atoms with Gasteiger partial charge in [0.15, 0.2) is 0 Å². The predicted molar refractivity (Wildman–Crippen MR) is 71.3 cm³/mol. The van der Waals surface area contributed by atoms with Crippen LogP contribution >= 0.6 is 11.6 Å². The summed E-state index contributed by atoms with van der Waals surface area (Å²) in [6.07, 6.45) is 2.78. The molecule has 0 saturated heterocycles. The molecule has 2 aromatic heterocycles. The number of halogens is 1. The summed E-state index contributed by atoms with van der Waals surface area (Å²) in [5.41, 5.74) is 2.17. The van der Waals surface area contributed by atoms with Gasteiger partial charge in [0.25, 0.3) is 0 Å². The van der Waals surface area contributed by atoms with E-state index in [4.69, 9.17) is 11.6 Å². The zero-order valence-corrected chi connectivity index (χ0v) is 10.8. The molecule has 0 unspecified atom stereocenters. The van der Waals surface area contributed by atoms with Crippen molar-refractivity contribution in [3.8, 4) is 0 Å². The molecule has 0 aliphatic carbocycles. The van der Waals surface area contributed by atoms with Gasteiger partial charge in [-0.2, -0.15) is 4.98 Å². The van der Waals surface area contributed by atoms with Crippen molar-refractivity contribution in [3.05, 3.63) is 34.9 Å². The number of anilines is 2. The van der Waals surface area contributed by atoms with E-state index in [1.807, 2.05) is 30.3 Å². The Morgan fingerprint density at radius 2 is 2.28 bits per heavy atom. The molecule has 18 heavy (non-hydrogen) atoms. The lowest BCUT2D eigenvalue weighted by atomic mass is 10.1. The quantitative estimate of drug-likeness (QED) is 0.813. The molecule has 1 aliphatic rings. The molecular formula is C12H14ClN5. The van der Waals surface area contributed by atoms with E-state index in [-0.39, 0.29) is 0 Å². The molecule has 2 aromatic rings. The number of nitrogens with zero attached hydrogens (tertiary/aromatic N) is 3. The predicted octanol–water partition coefficient (Wildman–Crippen LogP) is 1.87. The molecule has 0 saturated carbocycles. The van der Waals surface area contributed by atoms with Gasteiger partial charge < -0.3 is 15.2 Å². The number of aromatic amines is 1. The SMILES string of the molecule is CN(c1ccc[nH]1)c1nc(Cl)nc2c1CNCC2. The van der Waals surface area contributed by atoms with Crippen molar-refractivity contribution < 1.29 is 0 Å². The minimum absolute atomic E-state index is 0.309. The first-order valence-corrected chi connectivity index (χ1v) is 6.26. The maximum absolute atomic E-state index is 6.01. The molecule has 3 rings (SSSR count). The highest BCUT2D eigenvalue weighted by molar-refractivity contribution is 6.28. The van der Waals surface area contributed by atoms with Gasteiger partial charge in [0.05, 0.1) is 5.69 Å². The first-order valence-electron chi connectivity index (χ1n) is 5.89. The first-order chi connectivity index (χ1) is 8.75. The van der Waals surface area contributed by atoms with E-state index >= 15 is 0 Å². The normalized spacial score (nSPS) is 14.3. The van der Waals surface area contributed by atoms with Crippen molar-refractivity contribution in [3.63, 3.8) is 0 Å². The minimum Gasteiger partial charge on any atom is -0.348 e. The lowest BCUT2D eigenvalue weighted by Gasteiger charge is -2.24. The molecule has 6 heteroatoms. The number of nitrogens with one attached hydrogen (secondary N) is 2. The summed E-state index contributed by atoms with van der Waals surface area (Å²) in [6, 6.07) is 3.96. The second kappa shape index (κ2) is 4.59. The third-order valence-corrected chi connectivity index (χ3v) is 3.31. The third-order valence-electron chi connectivity index (χ3n) is 3.14. The Hall–Kier alpha value is -1.59. The van der Waals surface area contributed by atoms with Crippen molar-refractivity contribution >= 4 is 23.2 Å². The fourth-order valence-corrected chi connectivity index (χ4v) is 2.40. The van der Waals surface area contributed by atoms with E-state index in [2.05, 4.69) is 20.3 Å². The monoisotopic (exact) mass is 263 g/mol. The van der Waals surface area contributed by atoms with Crippen LogP contribution in [-0.2, 0) is 13.0 Å². The number of hydrogen-bond acceptors (Lipinski definition) is 4. The molecule has 5 nitrogen and oxygen atoms in total. The van der Waals surface area contributed by atoms with Crippen LogP contribution in [0.3, 0.4) is 0 Å². The van der Waals surface area contributed by atoms with Gasteiger partial charge in [-0.3, -0.25) is 0 Å². The Morgan fingerprint density at radius 1 is 1.39 bits per heavy atom. The molecule has 0 fully saturated rings. The maximum atomic E-state index is 6.01. The van der Waals surface area contributed by atoms with Gasteiger partial charge >= 0.3 is 0 Å². The smallest absolute Gasteiger partial charge is 0.224 e. The summed E-state index contributed by atoms with van der Waals surface area (Å²) >= 11 is 6.01. The van der Waals surface area contributed by atoms with Crippen LogP contribution in [0.15, 0.2) is 18.3 Å². The van der Waals surface area contributed by atoms with Crippen LogP contribution in [0.4, 0.5) is 11.6 Å². The van der Waals surface area contributed by atoms with Crippen LogP contribution in [0.2, 0.25) is 5.28 Å². The summed E-state index contributed by atoms with van der Waals surface area (Å²) < 4.78 is 0. The zero-order chi connectivity index (χ0) is 12.5. The van der Waals surface area contributed by atoms with Crippen molar-refractivity contribution in [1.29, 1.82) is 0 Å². The van der Waals surface area contributed by atoms with Crippen LogP contribution in [0, 0.1) is 0 Å². The van der Waals surface area contributed by atoms with Crippen LogP contribution in [0.25, 0.3) is 0 Å². The Bertz CT molecular complexity index is 552. The van der Waals surface area contributed by atoms with E-state index in [1.165, 1.54) is 0 Å². The first kappa shape index (κ1) is 11.5. The number of rotatable bonds is 2. The lowest BCUT2D eigenvalue weighted by molar-refractivity contribution is 0.625. The fraction of sp³-hybridized carbons (Fsp3) is 0.333. The number of hydrogen-bond donors (Lipinski definition) is 2. The van der Waals surface area contributed by atoms with Gasteiger partial charge in [-0.1, -0.05) is 0 Å². The Kier molecular flexibility index (Phi) is 2.93. The number of H-pyrrole nitrogens is 1. The van der Waals surface area contributed by atoms with Gasteiger partial charge in [-0.25, -0.2) is 4.98 Å². The molecule has 0 spiro atoms. The number of aromatic nitrogens is 3. The molecule has 3 heterocycles. The van der Waals surface area contributed by atoms with Gasteiger partial charge in [-0.15, -0.1) is 0 Å². The molecule has 0 aromatic carbocycles. The van der Waals surface area contributed by atoms with Crippen molar-refractivity contribution in [2.24, 2.45) is 0 Å². The number of fused-ring (bicyclic) bond motifs is 1. The summed E-state index contributed by atoms with van der Waals surface area (Å²) in [7, 11) is 1.97. The van der Waals surface area contributed by atoms with Crippen LogP contribution in [-0.4, -0.2) is 28.5 Å². The molecule has 2 N–H and O–H groups in total. The molecule has 0 radical (unpaired) electrons. The highest BCUT2D eigenvalue weighted by atomic mass is 35.5. The Balaban J connectivity index is 2.08. The van der Waals surface area contributed by atoms with E-state index in [9.17, 15) is 0 Å². The molecule has 1 aliphatic heterocycles. The fourth-order valence-electron chi connectivity index (χ4n) is 2.22. The summed E-state index contributed by atoms with van der Waals surface area (Å²) in [6.45, 7) is 1.72. The highest BCUT2D eigenvalue weighted by Gasteiger charge is 2.20. The summed E-state index contributed by atoms with van der Waals surface area (Å²) in [5, 5.41) is 3.65. The molecule has 94 valence electrons. The van der Waals surface area contributed by atoms with Crippen molar-refractivity contribution in [1.82, 2.24) is 20.3 Å². The van der Waals surface area contributed by atoms with Gasteiger partial charge in [0.2, 0.25) is 5.28 Å².